The van der Waals surface area contributed by atoms with E-state index in [2.05, 4.69) is 5.32 Å². The Kier molecular flexibility index (Phi) is 3.84. The van der Waals surface area contributed by atoms with Gasteiger partial charge in [-0.1, -0.05) is 25.7 Å². The summed E-state index contributed by atoms with van der Waals surface area (Å²) in [5, 5.41) is 3.22. The van der Waals surface area contributed by atoms with Gasteiger partial charge in [-0.25, -0.2) is 4.39 Å². The first-order chi connectivity index (χ1) is 8.62. The van der Waals surface area contributed by atoms with E-state index >= 15 is 0 Å². The molecular formula is C14H19FN2O. The Bertz CT molecular complexity index is 408. The van der Waals surface area contributed by atoms with Crippen LogP contribution in [0.3, 0.4) is 0 Å². The molecule has 2 rings (SSSR count). The summed E-state index contributed by atoms with van der Waals surface area (Å²) in [6, 6.07) is 6.05. The predicted molar refractivity (Wildman–Crippen MR) is 69.7 cm³/mol. The molecule has 1 aliphatic rings. The number of hydrogen-bond donors (Lipinski definition) is 2. The van der Waals surface area contributed by atoms with Gasteiger partial charge in [-0.05, 0) is 37.1 Å². The van der Waals surface area contributed by atoms with Crippen LogP contribution in [-0.4, -0.2) is 11.4 Å². The molecule has 0 radical (unpaired) electrons. The topological polar surface area (TPSA) is 55.1 Å². The van der Waals surface area contributed by atoms with Crippen molar-refractivity contribution in [1.82, 2.24) is 0 Å². The maximum Gasteiger partial charge on any atom is 0.243 e. The summed E-state index contributed by atoms with van der Waals surface area (Å²) >= 11 is 0. The zero-order chi connectivity index (χ0) is 13.0. The molecule has 0 spiro atoms. The van der Waals surface area contributed by atoms with Gasteiger partial charge in [0, 0.05) is 5.69 Å². The molecule has 0 unspecified atom stereocenters. The van der Waals surface area contributed by atoms with Crippen LogP contribution >= 0.6 is 0 Å². The Balaban J connectivity index is 2.19. The highest BCUT2D eigenvalue weighted by Gasteiger charge is 2.36. The van der Waals surface area contributed by atoms with Crippen LogP contribution in [0, 0.1) is 5.82 Å². The minimum absolute atomic E-state index is 0.283. The van der Waals surface area contributed by atoms with Gasteiger partial charge in [0.05, 0.1) is 0 Å². The fourth-order valence-corrected chi connectivity index (χ4v) is 2.57. The normalized spacial score (nSPS) is 18.9. The van der Waals surface area contributed by atoms with Crippen molar-refractivity contribution >= 4 is 11.6 Å². The van der Waals surface area contributed by atoms with Crippen molar-refractivity contribution in [2.75, 3.05) is 5.32 Å². The summed E-state index contributed by atoms with van der Waals surface area (Å²) in [4.78, 5) is 11.8. The highest BCUT2D eigenvalue weighted by atomic mass is 19.1. The lowest BCUT2D eigenvalue weighted by Gasteiger charge is -2.31. The van der Waals surface area contributed by atoms with Gasteiger partial charge < -0.3 is 11.1 Å². The number of halogens is 1. The molecule has 4 heteroatoms. The van der Waals surface area contributed by atoms with Crippen molar-refractivity contribution in [3.63, 3.8) is 0 Å². The number of hydrogen-bond acceptors (Lipinski definition) is 2. The summed E-state index contributed by atoms with van der Waals surface area (Å²) in [6.07, 6.45) is 5.77. The van der Waals surface area contributed by atoms with Gasteiger partial charge in [-0.15, -0.1) is 0 Å². The van der Waals surface area contributed by atoms with Gasteiger partial charge in [-0.2, -0.15) is 0 Å². The Hall–Kier alpha value is -1.58. The predicted octanol–water partition coefficient (Wildman–Crippen LogP) is 2.82. The van der Waals surface area contributed by atoms with E-state index in [1.807, 2.05) is 0 Å². The molecule has 0 saturated heterocycles. The number of nitrogens with two attached hydrogens (primary N) is 1. The van der Waals surface area contributed by atoms with E-state index in [0.717, 1.165) is 44.2 Å². The number of primary amides is 1. The first kappa shape index (κ1) is 12.9. The summed E-state index contributed by atoms with van der Waals surface area (Å²) in [6.45, 7) is 0. The zero-order valence-corrected chi connectivity index (χ0v) is 10.4. The van der Waals surface area contributed by atoms with Crippen molar-refractivity contribution in [1.29, 1.82) is 0 Å². The number of carbonyl (C=O) groups is 1. The molecule has 0 aliphatic heterocycles. The van der Waals surface area contributed by atoms with Crippen LogP contribution in [0.2, 0.25) is 0 Å². The Morgan fingerprint density at radius 1 is 1.11 bits per heavy atom. The molecule has 0 heterocycles. The second kappa shape index (κ2) is 5.38. The highest BCUT2D eigenvalue weighted by Crippen LogP contribution is 2.30. The first-order valence-corrected chi connectivity index (χ1v) is 6.46. The van der Waals surface area contributed by atoms with Crippen molar-refractivity contribution in [3.8, 4) is 0 Å². The van der Waals surface area contributed by atoms with Gasteiger partial charge in [0.15, 0.2) is 0 Å². The van der Waals surface area contributed by atoms with Crippen LogP contribution in [0.5, 0.6) is 0 Å². The van der Waals surface area contributed by atoms with E-state index in [1.165, 1.54) is 12.1 Å². The lowest BCUT2D eigenvalue weighted by molar-refractivity contribution is -0.122. The summed E-state index contributed by atoms with van der Waals surface area (Å²) in [5.41, 5.74) is 5.65. The lowest BCUT2D eigenvalue weighted by atomic mass is 9.89. The minimum Gasteiger partial charge on any atom is -0.371 e. The average molecular weight is 250 g/mol. The quantitative estimate of drug-likeness (QED) is 0.810. The van der Waals surface area contributed by atoms with E-state index in [-0.39, 0.29) is 11.7 Å². The third-order valence-electron chi connectivity index (χ3n) is 3.66. The second-order valence-electron chi connectivity index (χ2n) is 4.99. The maximum atomic E-state index is 12.9. The van der Waals surface area contributed by atoms with E-state index < -0.39 is 5.54 Å². The molecule has 3 nitrogen and oxygen atoms in total. The summed E-state index contributed by atoms with van der Waals surface area (Å²) < 4.78 is 12.9. The fourth-order valence-electron chi connectivity index (χ4n) is 2.57. The van der Waals surface area contributed by atoms with E-state index in [1.54, 1.807) is 12.1 Å². The van der Waals surface area contributed by atoms with E-state index in [0.29, 0.717) is 0 Å². The Morgan fingerprint density at radius 3 is 2.17 bits per heavy atom. The van der Waals surface area contributed by atoms with Crippen LogP contribution in [0.15, 0.2) is 24.3 Å². The van der Waals surface area contributed by atoms with Gasteiger partial charge in [-0.3, -0.25) is 4.79 Å². The largest absolute Gasteiger partial charge is 0.371 e. The van der Waals surface area contributed by atoms with E-state index in [4.69, 9.17) is 5.73 Å². The smallest absolute Gasteiger partial charge is 0.243 e. The molecule has 1 aliphatic carbocycles. The molecule has 0 bridgehead atoms. The molecule has 1 fully saturated rings. The highest BCUT2D eigenvalue weighted by molar-refractivity contribution is 5.88. The van der Waals surface area contributed by atoms with Crippen LogP contribution in [-0.2, 0) is 4.79 Å². The third-order valence-corrected chi connectivity index (χ3v) is 3.66. The monoisotopic (exact) mass is 250 g/mol. The van der Waals surface area contributed by atoms with Crippen molar-refractivity contribution < 1.29 is 9.18 Å². The van der Waals surface area contributed by atoms with Crippen LogP contribution < -0.4 is 11.1 Å². The zero-order valence-electron chi connectivity index (χ0n) is 10.4. The molecule has 1 aromatic carbocycles. The van der Waals surface area contributed by atoms with Crippen LogP contribution in [0.4, 0.5) is 10.1 Å². The Morgan fingerprint density at radius 2 is 1.67 bits per heavy atom. The molecule has 1 saturated carbocycles. The van der Waals surface area contributed by atoms with Gasteiger partial charge in [0.25, 0.3) is 0 Å². The molecule has 98 valence electrons. The number of rotatable bonds is 3. The molecule has 1 amide bonds. The molecule has 0 atom stereocenters. The van der Waals surface area contributed by atoms with Crippen LogP contribution in [0.1, 0.15) is 38.5 Å². The number of anilines is 1. The SMILES string of the molecule is NC(=O)C1(Nc2ccc(F)cc2)CCCCCC1. The van der Waals surface area contributed by atoms with Crippen LogP contribution in [0.25, 0.3) is 0 Å². The van der Waals surface area contributed by atoms with Gasteiger partial charge in [0.2, 0.25) is 5.91 Å². The van der Waals surface area contributed by atoms with Crippen molar-refractivity contribution in [2.45, 2.75) is 44.1 Å². The fraction of sp³-hybridized carbons (Fsp3) is 0.500. The summed E-state index contributed by atoms with van der Waals surface area (Å²) in [5.74, 6) is -0.594. The average Bonchev–Trinajstić information content (AvgIpc) is 2.59. The number of amides is 1. The minimum atomic E-state index is -0.672. The van der Waals surface area contributed by atoms with E-state index in [9.17, 15) is 9.18 Å². The van der Waals surface area contributed by atoms with Gasteiger partial charge >= 0.3 is 0 Å². The molecular weight excluding hydrogens is 231 g/mol. The molecule has 0 aromatic heterocycles. The van der Waals surface area contributed by atoms with Crippen molar-refractivity contribution in [2.24, 2.45) is 5.73 Å². The first-order valence-electron chi connectivity index (χ1n) is 6.46. The molecule has 3 N–H and O–H groups in total. The maximum absolute atomic E-state index is 12.9. The Labute approximate surface area is 107 Å². The molecule has 1 aromatic rings. The second-order valence-corrected chi connectivity index (χ2v) is 4.99. The van der Waals surface area contributed by atoms with Gasteiger partial charge in [0.1, 0.15) is 11.4 Å². The lowest BCUT2D eigenvalue weighted by Crippen LogP contribution is -2.50. The number of nitrogens with one attached hydrogen (secondary N) is 1. The van der Waals surface area contributed by atoms with Crippen molar-refractivity contribution in [3.05, 3.63) is 30.1 Å². The molecule has 18 heavy (non-hydrogen) atoms. The number of benzene rings is 1. The third kappa shape index (κ3) is 2.81. The number of carbonyl (C=O) groups excluding carboxylic acids is 1. The summed E-state index contributed by atoms with van der Waals surface area (Å²) in [7, 11) is 0. The standard InChI is InChI=1S/C14H19FN2O/c15-11-5-7-12(8-6-11)17-14(13(16)18)9-3-1-2-4-10-14/h5-8,17H,1-4,9-10H2,(H2,16,18).